The Bertz CT molecular complexity index is 859. The van der Waals surface area contributed by atoms with E-state index in [0.29, 0.717) is 0 Å². The molecule has 0 aliphatic carbocycles. The van der Waals surface area contributed by atoms with Crippen LogP contribution in [0.2, 0.25) is 0 Å². The van der Waals surface area contributed by atoms with Crippen LogP contribution in [0, 0.1) is 0 Å². The number of hydrogen-bond donors (Lipinski definition) is 0. The van der Waals surface area contributed by atoms with Gasteiger partial charge in [-0.05, 0) is 54.9 Å². The first kappa shape index (κ1) is 28.1. The molecule has 166 valence electrons. The smallest absolute Gasteiger partial charge is 0.0349 e. The predicted octanol–water partition coefficient (Wildman–Crippen LogP) is 9.88. The average molecular weight is 415 g/mol. The molecule has 0 aliphatic rings. The Morgan fingerprint density at radius 1 is 0.419 bits per heavy atom. The molecule has 0 unspecified atom stereocenters. The van der Waals surface area contributed by atoms with Gasteiger partial charge in [0, 0.05) is 0 Å². The third-order valence-electron chi connectivity index (χ3n) is 4.35. The Labute approximate surface area is 192 Å². The van der Waals surface area contributed by atoms with Gasteiger partial charge in [-0.2, -0.15) is 0 Å². The van der Waals surface area contributed by atoms with Gasteiger partial charge in [0.1, 0.15) is 0 Å². The van der Waals surface area contributed by atoms with Crippen LogP contribution in [0.1, 0.15) is 61.8 Å². The van der Waals surface area contributed by atoms with E-state index >= 15 is 0 Å². The summed E-state index contributed by atoms with van der Waals surface area (Å²) in [5, 5.41) is 0. The van der Waals surface area contributed by atoms with Crippen LogP contribution in [-0.4, -0.2) is 0 Å². The molecule has 0 atom stereocenters. The molecule has 31 heavy (non-hydrogen) atoms. The SMILES string of the molecule is CCC(C)=CC=CC(C)=CC=CC(C)=CC=CC=C(C)C=CC=C(C)C=CC=C(C)C. The zero-order valence-corrected chi connectivity index (χ0v) is 20.9. The topological polar surface area (TPSA) is 0 Å². The van der Waals surface area contributed by atoms with E-state index in [2.05, 4.69) is 153 Å². The fourth-order valence-electron chi connectivity index (χ4n) is 2.21. The lowest BCUT2D eigenvalue weighted by atomic mass is 10.2. The van der Waals surface area contributed by atoms with Gasteiger partial charge in [0.25, 0.3) is 0 Å². The summed E-state index contributed by atoms with van der Waals surface area (Å²) in [6.07, 6.45) is 34.9. The molecule has 0 saturated heterocycles. The summed E-state index contributed by atoms with van der Waals surface area (Å²) < 4.78 is 0. The quantitative estimate of drug-likeness (QED) is 0.295. The van der Waals surface area contributed by atoms with E-state index in [9.17, 15) is 0 Å². The van der Waals surface area contributed by atoms with Gasteiger partial charge in [0.15, 0.2) is 0 Å². The molecule has 0 fully saturated rings. The Balaban J connectivity index is 4.69. The highest BCUT2D eigenvalue weighted by atomic mass is 13.9. The van der Waals surface area contributed by atoms with Crippen LogP contribution in [0.5, 0.6) is 0 Å². The molecule has 0 spiro atoms. The second-order valence-corrected chi connectivity index (χ2v) is 8.07. The first-order valence-corrected chi connectivity index (χ1v) is 11.1. The second-order valence-electron chi connectivity index (χ2n) is 8.07. The summed E-state index contributed by atoms with van der Waals surface area (Å²) in [6, 6.07) is 0. The summed E-state index contributed by atoms with van der Waals surface area (Å²) in [5.41, 5.74) is 7.60. The molecule has 0 heterocycles. The fraction of sp³-hybridized carbons (Fsp3) is 0.290. The van der Waals surface area contributed by atoms with Gasteiger partial charge in [-0.3, -0.25) is 0 Å². The first-order chi connectivity index (χ1) is 14.7. The molecule has 0 amide bonds. The van der Waals surface area contributed by atoms with E-state index in [1.165, 1.54) is 33.4 Å². The van der Waals surface area contributed by atoms with Crippen molar-refractivity contribution < 1.29 is 0 Å². The molecule has 0 radical (unpaired) electrons. The normalized spacial score (nSPS) is 15.5. The van der Waals surface area contributed by atoms with Crippen molar-refractivity contribution in [1.82, 2.24) is 0 Å². The molecule has 0 saturated carbocycles. The predicted molar refractivity (Wildman–Crippen MR) is 144 cm³/mol. The maximum absolute atomic E-state index is 2.17. The Kier molecular flexibility index (Phi) is 16.3. The zero-order chi connectivity index (χ0) is 23.5. The monoisotopic (exact) mass is 414 g/mol. The lowest BCUT2D eigenvalue weighted by molar-refractivity contribution is 1.10. The van der Waals surface area contributed by atoms with Crippen molar-refractivity contribution in [3.05, 3.63) is 131 Å². The van der Waals surface area contributed by atoms with Crippen LogP contribution in [0.15, 0.2) is 131 Å². The molecule has 0 aromatic carbocycles. The molecular formula is C31H42. The summed E-state index contributed by atoms with van der Waals surface area (Å²) in [5.74, 6) is 0. The van der Waals surface area contributed by atoms with Crippen LogP contribution >= 0.6 is 0 Å². The Morgan fingerprint density at radius 2 is 0.742 bits per heavy atom. The van der Waals surface area contributed by atoms with Crippen molar-refractivity contribution in [3.63, 3.8) is 0 Å². The van der Waals surface area contributed by atoms with E-state index in [1.807, 2.05) is 0 Å². The van der Waals surface area contributed by atoms with Crippen molar-refractivity contribution >= 4 is 0 Å². The van der Waals surface area contributed by atoms with E-state index in [-0.39, 0.29) is 0 Å². The van der Waals surface area contributed by atoms with Crippen molar-refractivity contribution in [3.8, 4) is 0 Å². The van der Waals surface area contributed by atoms with Crippen molar-refractivity contribution in [1.29, 1.82) is 0 Å². The first-order valence-electron chi connectivity index (χ1n) is 11.1. The maximum atomic E-state index is 2.17. The molecule has 0 bridgehead atoms. The van der Waals surface area contributed by atoms with E-state index < -0.39 is 0 Å². The highest BCUT2D eigenvalue weighted by Gasteiger charge is 1.83. The molecule has 0 N–H and O–H groups in total. The number of hydrogen-bond acceptors (Lipinski definition) is 0. The van der Waals surface area contributed by atoms with Gasteiger partial charge in [0.05, 0.1) is 0 Å². The van der Waals surface area contributed by atoms with Gasteiger partial charge >= 0.3 is 0 Å². The third kappa shape index (κ3) is 18.9. The average Bonchev–Trinajstić information content (AvgIpc) is 2.70. The molecule has 0 rings (SSSR count). The van der Waals surface area contributed by atoms with Gasteiger partial charge < -0.3 is 0 Å². The van der Waals surface area contributed by atoms with Crippen LogP contribution in [0.3, 0.4) is 0 Å². The molecule has 0 aliphatic heterocycles. The molecule has 0 nitrogen and oxygen atoms in total. The summed E-state index contributed by atoms with van der Waals surface area (Å²) in [7, 11) is 0. The fourth-order valence-corrected chi connectivity index (χ4v) is 2.21. The van der Waals surface area contributed by atoms with Crippen molar-refractivity contribution in [2.24, 2.45) is 0 Å². The summed E-state index contributed by atoms with van der Waals surface area (Å²) >= 11 is 0. The molecule has 0 aromatic heterocycles. The highest BCUT2D eigenvalue weighted by molar-refractivity contribution is 5.32. The molecule has 0 aromatic rings. The minimum atomic E-state index is 1.10. The summed E-state index contributed by atoms with van der Waals surface area (Å²) in [4.78, 5) is 0. The number of rotatable bonds is 11. The van der Waals surface area contributed by atoms with Gasteiger partial charge in [0.2, 0.25) is 0 Å². The van der Waals surface area contributed by atoms with Crippen LogP contribution in [-0.2, 0) is 0 Å². The largest absolute Gasteiger partial charge is 0.0764 e. The lowest BCUT2D eigenvalue weighted by Crippen LogP contribution is -1.70. The van der Waals surface area contributed by atoms with E-state index in [0.717, 1.165) is 6.42 Å². The Hall–Kier alpha value is -2.86. The molecule has 0 heteroatoms. The van der Waals surface area contributed by atoms with Gasteiger partial charge in [-0.1, -0.05) is 138 Å². The summed E-state index contributed by atoms with van der Waals surface area (Å²) in [6.45, 7) is 17.0. The third-order valence-corrected chi connectivity index (χ3v) is 4.35. The van der Waals surface area contributed by atoms with E-state index in [1.54, 1.807) is 0 Å². The minimum absolute atomic E-state index is 1.10. The zero-order valence-electron chi connectivity index (χ0n) is 20.9. The van der Waals surface area contributed by atoms with Crippen LogP contribution in [0.4, 0.5) is 0 Å². The van der Waals surface area contributed by atoms with Crippen LogP contribution in [0.25, 0.3) is 0 Å². The van der Waals surface area contributed by atoms with Gasteiger partial charge in [-0.25, -0.2) is 0 Å². The maximum Gasteiger partial charge on any atom is -0.0349 e. The minimum Gasteiger partial charge on any atom is -0.0764 e. The van der Waals surface area contributed by atoms with Crippen molar-refractivity contribution in [2.45, 2.75) is 61.8 Å². The van der Waals surface area contributed by atoms with E-state index in [4.69, 9.17) is 0 Å². The standard InChI is InChI=1S/C31H42/c1-9-27(4)19-13-21-31(8)25-15-23-29(6)18-11-10-17-28(5)22-14-24-30(7)20-12-16-26(2)3/h10-25H,9H2,1-8H3. The van der Waals surface area contributed by atoms with Gasteiger partial charge in [-0.15, -0.1) is 0 Å². The van der Waals surface area contributed by atoms with Crippen LogP contribution < -0.4 is 0 Å². The second kappa shape index (κ2) is 18.0. The lowest BCUT2D eigenvalue weighted by Gasteiger charge is -1.91. The Morgan fingerprint density at radius 3 is 1.10 bits per heavy atom. The van der Waals surface area contributed by atoms with Crippen molar-refractivity contribution in [2.75, 3.05) is 0 Å². The molecular weight excluding hydrogens is 372 g/mol. The highest BCUT2D eigenvalue weighted by Crippen LogP contribution is 2.04. The number of allylic oxidation sites excluding steroid dienone is 22.